The molecule has 0 aromatic rings. The van der Waals surface area contributed by atoms with Crippen LogP contribution in [-0.2, 0) is 65.4 Å². The maximum atomic E-state index is 4.24. The van der Waals surface area contributed by atoms with E-state index in [-0.39, 0.29) is 65.4 Å². The van der Waals surface area contributed by atoms with E-state index in [1.807, 2.05) is 0 Å². The summed E-state index contributed by atoms with van der Waals surface area (Å²) < 4.78 is 0. The van der Waals surface area contributed by atoms with Gasteiger partial charge in [0.05, 0.1) is 0 Å². The summed E-state index contributed by atoms with van der Waals surface area (Å²) in [6.07, 6.45) is 2.67. The molecule has 1 rings (SSSR count). The van der Waals surface area contributed by atoms with Crippen molar-refractivity contribution in [2.24, 2.45) is 5.92 Å². The third-order valence-corrected chi connectivity index (χ3v) is 1.66. The molecule has 1 saturated heterocycles. The molecule has 1 unspecified atom stereocenters. The van der Waals surface area contributed by atoms with Crippen molar-refractivity contribution in [3.05, 3.63) is 5.32 Å². The van der Waals surface area contributed by atoms with Gasteiger partial charge in [-0.1, -0.05) is 25.7 Å². The van der Waals surface area contributed by atoms with Crippen molar-refractivity contribution in [2.45, 2.75) is 19.8 Å². The molecule has 1 heterocycles. The van der Waals surface area contributed by atoms with Crippen LogP contribution in [0.2, 0.25) is 0 Å². The Hall–Kier alpha value is 2.17. The van der Waals surface area contributed by atoms with E-state index in [1.54, 1.807) is 0 Å². The van der Waals surface area contributed by atoms with Crippen molar-refractivity contribution >= 4 is 0 Å². The summed E-state index contributed by atoms with van der Waals surface area (Å²) in [5.41, 5.74) is 0. The van der Waals surface area contributed by atoms with Gasteiger partial charge in [0.2, 0.25) is 0 Å². The average molecular weight is 276 g/mol. The molecule has 1 atom stereocenters. The molecule has 9 heavy (non-hydrogen) atoms. The van der Waals surface area contributed by atoms with Crippen LogP contribution in [0.5, 0.6) is 0 Å². The summed E-state index contributed by atoms with van der Waals surface area (Å²) in [6.45, 7) is 4.50. The Morgan fingerprint density at radius 3 is 2.33 bits per heavy atom. The second kappa shape index (κ2) is 8.27. The van der Waals surface area contributed by atoms with E-state index in [0.29, 0.717) is 0 Å². The van der Waals surface area contributed by atoms with Gasteiger partial charge in [-0.2, -0.15) is 0 Å². The van der Waals surface area contributed by atoms with Crippen LogP contribution in [0.1, 0.15) is 19.8 Å². The minimum Gasteiger partial charge on any atom is -0.662 e. The minimum absolute atomic E-state index is 0. The van der Waals surface area contributed by atoms with Crippen molar-refractivity contribution in [2.75, 3.05) is 13.1 Å². The Morgan fingerprint density at radius 2 is 2.11 bits per heavy atom. The molecule has 0 bridgehead atoms. The Kier molecular flexibility index (Phi) is 12.6. The van der Waals surface area contributed by atoms with Crippen molar-refractivity contribution in [3.8, 4) is 0 Å². The Balaban J connectivity index is 0. The second-order valence-electron chi connectivity index (χ2n) is 2.19. The summed E-state index contributed by atoms with van der Waals surface area (Å²) in [5.74, 6) is 0.931. The summed E-state index contributed by atoms with van der Waals surface area (Å²) in [7, 11) is 0. The quantitative estimate of drug-likeness (QED) is 0.693. The normalized spacial score (nSPS) is 24.3. The molecule has 1 nitrogen and oxygen atoms in total. The Bertz CT molecular complexity index is 53.0. The molecule has 1 aliphatic rings. The third kappa shape index (κ3) is 5.44. The SMILES string of the molecule is CCC1CC[N-]C1.[Y].[Y]. The van der Waals surface area contributed by atoms with Gasteiger partial charge in [-0.25, -0.2) is 0 Å². The fourth-order valence-electron chi connectivity index (χ4n) is 0.972. The largest absolute Gasteiger partial charge is 0.662 e. The van der Waals surface area contributed by atoms with Gasteiger partial charge in [0.25, 0.3) is 0 Å². The fourth-order valence-corrected chi connectivity index (χ4v) is 0.972. The van der Waals surface area contributed by atoms with E-state index in [1.165, 1.54) is 12.8 Å². The van der Waals surface area contributed by atoms with E-state index in [0.717, 1.165) is 19.0 Å². The van der Waals surface area contributed by atoms with Crippen molar-refractivity contribution < 1.29 is 65.4 Å². The van der Waals surface area contributed by atoms with E-state index < -0.39 is 0 Å². The van der Waals surface area contributed by atoms with Gasteiger partial charge in [0, 0.05) is 65.4 Å². The molecule has 0 N–H and O–H groups in total. The van der Waals surface area contributed by atoms with Crippen LogP contribution < -0.4 is 0 Å². The molecule has 0 spiro atoms. The van der Waals surface area contributed by atoms with E-state index in [4.69, 9.17) is 0 Å². The molecular weight excluding hydrogens is 264 g/mol. The van der Waals surface area contributed by atoms with Crippen molar-refractivity contribution in [3.63, 3.8) is 0 Å². The predicted octanol–water partition coefficient (Wildman–Crippen LogP) is 1.79. The zero-order valence-electron chi connectivity index (χ0n) is 6.01. The summed E-state index contributed by atoms with van der Waals surface area (Å²) in [5, 5.41) is 4.24. The van der Waals surface area contributed by atoms with Crippen LogP contribution in [-0.4, -0.2) is 13.1 Å². The van der Waals surface area contributed by atoms with Crippen LogP contribution in [0.25, 0.3) is 5.32 Å². The summed E-state index contributed by atoms with van der Waals surface area (Å²) in [4.78, 5) is 0. The van der Waals surface area contributed by atoms with E-state index in [9.17, 15) is 0 Å². The number of hydrogen-bond donors (Lipinski definition) is 0. The molecule has 48 valence electrons. The number of nitrogens with zero attached hydrogens (tertiary/aromatic N) is 1. The molecule has 0 aliphatic carbocycles. The van der Waals surface area contributed by atoms with Gasteiger partial charge in [0.1, 0.15) is 0 Å². The molecule has 2 radical (unpaired) electrons. The molecule has 1 aliphatic heterocycles. The van der Waals surface area contributed by atoms with Gasteiger partial charge in [0.15, 0.2) is 0 Å². The summed E-state index contributed by atoms with van der Waals surface area (Å²) in [6, 6.07) is 0. The third-order valence-electron chi connectivity index (χ3n) is 1.66. The molecular formula is C6H12NY2-. The molecule has 0 aromatic heterocycles. The average Bonchev–Trinajstić information content (AvgIpc) is 2.14. The smallest absolute Gasteiger partial charge is 0 e. The van der Waals surface area contributed by atoms with Gasteiger partial charge >= 0.3 is 0 Å². The molecule has 1 fully saturated rings. The molecule has 0 aromatic carbocycles. The first kappa shape index (κ1) is 13.7. The van der Waals surface area contributed by atoms with Crippen LogP contribution in [0.15, 0.2) is 0 Å². The van der Waals surface area contributed by atoms with Crippen LogP contribution in [0.4, 0.5) is 0 Å². The Morgan fingerprint density at radius 1 is 1.44 bits per heavy atom. The van der Waals surface area contributed by atoms with Gasteiger partial charge in [-0.3, -0.25) is 0 Å². The minimum atomic E-state index is 0. The van der Waals surface area contributed by atoms with Gasteiger partial charge in [-0.05, 0) is 0 Å². The van der Waals surface area contributed by atoms with Gasteiger partial charge in [-0.15, -0.1) is 13.1 Å². The monoisotopic (exact) mass is 276 g/mol. The summed E-state index contributed by atoms with van der Waals surface area (Å²) >= 11 is 0. The van der Waals surface area contributed by atoms with Gasteiger partial charge < -0.3 is 5.32 Å². The van der Waals surface area contributed by atoms with Crippen molar-refractivity contribution in [1.29, 1.82) is 0 Å². The van der Waals surface area contributed by atoms with E-state index in [2.05, 4.69) is 12.2 Å². The van der Waals surface area contributed by atoms with Crippen molar-refractivity contribution in [1.82, 2.24) is 0 Å². The van der Waals surface area contributed by atoms with Crippen LogP contribution in [0, 0.1) is 5.92 Å². The standard InChI is InChI=1S/C6H12N.2Y/c1-2-6-3-4-7-5-6;;/h6H,2-5H2,1H3;;/q-1;;. The predicted molar refractivity (Wildman–Crippen MR) is 31.5 cm³/mol. The maximum absolute atomic E-state index is 4.24. The molecule has 0 saturated carbocycles. The zero-order chi connectivity index (χ0) is 5.11. The van der Waals surface area contributed by atoms with E-state index >= 15 is 0 Å². The van der Waals surface area contributed by atoms with Crippen LogP contribution in [0.3, 0.4) is 0 Å². The molecule has 0 amide bonds. The zero-order valence-corrected chi connectivity index (χ0v) is 11.7. The Labute approximate surface area is 108 Å². The fraction of sp³-hybridized carbons (Fsp3) is 1.00. The first-order chi connectivity index (χ1) is 3.43. The van der Waals surface area contributed by atoms with Crippen LogP contribution >= 0.6 is 0 Å². The molecule has 3 heteroatoms. The number of rotatable bonds is 1. The first-order valence-electron chi connectivity index (χ1n) is 3.06. The maximum Gasteiger partial charge on any atom is 0 e. The number of hydrogen-bond acceptors (Lipinski definition) is 0. The first-order valence-corrected chi connectivity index (χ1v) is 3.06. The second-order valence-corrected chi connectivity index (χ2v) is 2.19. The topological polar surface area (TPSA) is 14.1 Å².